The summed E-state index contributed by atoms with van der Waals surface area (Å²) in [7, 11) is 0. The molecule has 0 saturated heterocycles. The molecule has 0 bridgehead atoms. The lowest BCUT2D eigenvalue weighted by atomic mass is 10.1. The van der Waals surface area contributed by atoms with Crippen LogP contribution in [-0.4, -0.2) is 176 Å². The van der Waals surface area contributed by atoms with Gasteiger partial charge in [-0.2, -0.15) is 0 Å². The van der Waals surface area contributed by atoms with Crippen molar-refractivity contribution < 1.29 is 61.8 Å². The number of hydrogen-bond acceptors (Lipinski definition) is 19. The molecule has 0 spiro atoms. The third-order valence-electron chi connectivity index (χ3n) is 8.71. The van der Waals surface area contributed by atoms with Crippen LogP contribution in [0.15, 0.2) is 41.2 Å². The van der Waals surface area contributed by atoms with E-state index in [1.54, 1.807) is 57.2 Å². The van der Waals surface area contributed by atoms with Crippen molar-refractivity contribution >= 4 is 40.5 Å². The van der Waals surface area contributed by atoms with Gasteiger partial charge in [-0.25, -0.2) is 14.8 Å². The van der Waals surface area contributed by atoms with Gasteiger partial charge in [-0.3, -0.25) is 19.4 Å². The number of rotatable bonds is 38. The Morgan fingerprint density at radius 1 is 0.667 bits per heavy atom. The molecule has 0 aliphatic rings. The number of fused-ring (bicyclic) bond motifs is 1. The van der Waals surface area contributed by atoms with Gasteiger partial charge in [-0.1, -0.05) is 0 Å². The summed E-state index contributed by atoms with van der Waals surface area (Å²) in [5.41, 5.74) is 11.9. The first-order valence-corrected chi connectivity index (χ1v) is 22.1. The van der Waals surface area contributed by atoms with Crippen molar-refractivity contribution in [3.8, 4) is 0 Å². The van der Waals surface area contributed by atoms with Crippen molar-refractivity contribution in [3.05, 3.63) is 58.0 Å². The number of ether oxygens (including phenoxy) is 10. The van der Waals surface area contributed by atoms with Gasteiger partial charge in [0.15, 0.2) is 5.52 Å². The van der Waals surface area contributed by atoms with E-state index in [1.165, 1.54) is 0 Å². The molecule has 3 rings (SSSR count). The molecule has 0 fully saturated rings. The zero-order valence-electron chi connectivity index (χ0n) is 38.6. The summed E-state index contributed by atoms with van der Waals surface area (Å²) in [6, 6.07) is 8.92. The standard InChI is InChI=1S/C44H70N8O14/c1-44(2,3)66-42(56)37(50-40(54)33-4-6-34(7-5-33)48-32-35-8-9-36-39(49-35)41(55)52-43(46)51-36)10-11-38(53)47-13-15-58-17-19-60-21-23-62-25-27-64-29-31-65-30-28-63-26-24-61-22-20-59-18-16-57-14-12-45/h4-9,37,48H,10-32,45H2,1-3H3,(H,47,53)(H,50,54)(H3,46,51,52,55)/t37-/m0/s1. The molecule has 2 heterocycles. The van der Waals surface area contributed by atoms with Crippen LogP contribution in [0, 0.1) is 0 Å². The average Bonchev–Trinajstić information content (AvgIpc) is 3.28. The van der Waals surface area contributed by atoms with Gasteiger partial charge in [-0.15, -0.1) is 0 Å². The maximum absolute atomic E-state index is 13.2. The zero-order valence-corrected chi connectivity index (χ0v) is 38.6. The SMILES string of the molecule is CC(C)(C)OC(=O)[C@H](CCC(=O)NCCOCCOCCOCCOCCOCCOCCOCCOCCOCCN)NC(=O)c1ccc(NCc2ccc3nc(N)[nH]c(=O)c3n2)cc1. The molecule has 370 valence electrons. The van der Waals surface area contributed by atoms with Crippen LogP contribution in [0.4, 0.5) is 11.6 Å². The second-order valence-corrected chi connectivity index (χ2v) is 15.3. The molecule has 1 atom stereocenters. The maximum Gasteiger partial charge on any atom is 0.329 e. The number of amides is 2. The molecule has 22 nitrogen and oxygen atoms in total. The Hall–Kier alpha value is -4.88. The second-order valence-electron chi connectivity index (χ2n) is 15.3. The highest BCUT2D eigenvalue weighted by Gasteiger charge is 2.27. The zero-order chi connectivity index (χ0) is 47.7. The van der Waals surface area contributed by atoms with Crippen LogP contribution in [0.3, 0.4) is 0 Å². The van der Waals surface area contributed by atoms with Gasteiger partial charge in [0.05, 0.1) is 137 Å². The van der Waals surface area contributed by atoms with E-state index in [9.17, 15) is 19.2 Å². The van der Waals surface area contributed by atoms with Crippen LogP contribution in [0.25, 0.3) is 11.0 Å². The number of aromatic nitrogens is 3. The maximum atomic E-state index is 13.2. The first-order chi connectivity index (χ1) is 31.9. The molecule has 0 radical (unpaired) electrons. The molecular weight excluding hydrogens is 865 g/mol. The lowest BCUT2D eigenvalue weighted by molar-refractivity contribution is -0.157. The van der Waals surface area contributed by atoms with E-state index in [-0.39, 0.29) is 43.4 Å². The van der Waals surface area contributed by atoms with E-state index >= 15 is 0 Å². The van der Waals surface area contributed by atoms with Crippen molar-refractivity contribution in [3.63, 3.8) is 0 Å². The molecule has 2 amide bonds. The Kier molecular flexibility index (Phi) is 28.2. The minimum absolute atomic E-state index is 0.0126. The number of nitrogens with one attached hydrogen (secondary N) is 4. The monoisotopic (exact) mass is 935 g/mol. The normalized spacial score (nSPS) is 12.0. The molecular formula is C44H70N8O14. The number of nitrogens with two attached hydrogens (primary N) is 2. The Bertz CT molecular complexity index is 1870. The van der Waals surface area contributed by atoms with E-state index in [2.05, 4.69) is 30.9 Å². The summed E-state index contributed by atoms with van der Waals surface area (Å²) in [5.74, 6) is -1.46. The molecule has 3 aromatic rings. The van der Waals surface area contributed by atoms with Gasteiger partial charge < -0.3 is 74.8 Å². The number of carbonyl (C=O) groups excluding carboxylic acids is 3. The predicted octanol–water partition coefficient (Wildman–Crippen LogP) is 0.957. The van der Waals surface area contributed by atoms with Crippen molar-refractivity contribution in [1.82, 2.24) is 25.6 Å². The molecule has 8 N–H and O–H groups in total. The number of nitrogens with zero attached hydrogens (tertiary/aromatic N) is 2. The lowest BCUT2D eigenvalue weighted by Gasteiger charge is -2.24. The number of anilines is 2. The van der Waals surface area contributed by atoms with Crippen LogP contribution in [-0.2, 0) is 63.5 Å². The molecule has 2 aromatic heterocycles. The molecule has 66 heavy (non-hydrogen) atoms. The molecule has 22 heteroatoms. The van der Waals surface area contributed by atoms with Crippen LogP contribution < -0.4 is 33.0 Å². The summed E-state index contributed by atoms with van der Waals surface area (Å²) in [6.07, 6.45) is -0.0153. The molecule has 0 aliphatic carbocycles. The number of nitrogen functional groups attached to an aromatic ring is 1. The number of hydrogen-bond donors (Lipinski definition) is 6. The topological polar surface area (TPSA) is 290 Å². The second kappa shape index (κ2) is 33.6. The number of H-pyrrole nitrogens is 1. The highest BCUT2D eigenvalue weighted by molar-refractivity contribution is 5.97. The first kappa shape index (κ1) is 55.4. The minimum atomic E-state index is -1.07. The fourth-order valence-corrected chi connectivity index (χ4v) is 5.55. The van der Waals surface area contributed by atoms with E-state index in [1.807, 2.05) is 0 Å². The van der Waals surface area contributed by atoms with Crippen molar-refractivity contribution in [2.45, 2.75) is 51.8 Å². The highest BCUT2D eigenvalue weighted by Crippen LogP contribution is 2.15. The largest absolute Gasteiger partial charge is 0.458 e. The third kappa shape index (κ3) is 25.7. The molecule has 0 aliphatic heterocycles. The quantitative estimate of drug-likeness (QED) is 0.0345. The summed E-state index contributed by atoms with van der Waals surface area (Å²) < 4.78 is 54.5. The molecule has 0 saturated carbocycles. The van der Waals surface area contributed by atoms with E-state index in [4.69, 9.17) is 58.8 Å². The average molecular weight is 935 g/mol. The number of esters is 1. The fourth-order valence-electron chi connectivity index (χ4n) is 5.55. The van der Waals surface area contributed by atoms with E-state index in [0.29, 0.717) is 148 Å². The van der Waals surface area contributed by atoms with Gasteiger partial charge in [-0.05, 0) is 63.6 Å². The first-order valence-electron chi connectivity index (χ1n) is 22.1. The fraction of sp³-hybridized carbons (Fsp3) is 0.636. The summed E-state index contributed by atoms with van der Waals surface area (Å²) in [4.78, 5) is 61.9. The van der Waals surface area contributed by atoms with Crippen molar-refractivity contribution in [2.75, 3.05) is 143 Å². The van der Waals surface area contributed by atoms with E-state index < -0.39 is 29.1 Å². The van der Waals surface area contributed by atoms with Gasteiger partial charge in [0.1, 0.15) is 11.6 Å². The van der Waals surface area contributed by atoms with E-state index in [0.717, 1.165) is 0 Å². The summed E-state index contributed by atoms with van der Waals surface area (Å²) in [5, 5.41) is 8.67. The predicted molar refractivity (Wildman–Crippen MR) is 244 cm³/mol. The highest BCUT2D eigenvalue weighted by atomic mass is 16.6. The number of pyridine rings is 1. The van der Waals surface area contributed by atoms with Crippen LogP contribution in [0.1, 0.15) is 49.7 Å². The Morgan fingerprint density at radius 2 is 1.15 bits per heavy atom. The minimum Gasteiger partial charge on any atom is -0.458 e. The molecule has 0 unspecified atom stereocenters. The Labute approximate surface area is 385 Å². The van der Waals surface area contributed by atoms with Crippen LogP contribution >= 0.6 is 0 Å². The van der Waals surface area contributed by atoms with Crippen LogP contribution in [0.2, 0.25) is 0 Å². The van der Waals surface area contributed by atoms with Crippen molar-refractivity contribution in [1.29, 1.82) is 0 Å². The van der Waals surface area contributed by atoms with Gasteiger partial charge in [0.25, 0.3) is 11.5 Å². The number of carbonyl (C=O) groups is 3. The van der Waals surface area contributed by atoms with Gasteiger partial charge in [0, 0.05) is 30.8 Å². The van der Waals surface area contributed by atoms with Crippen molar-refractivity contribution in [2.24, 2.45) is 5.73 Å². The Morgan fingerprint density at radius 3 is 1.64 bits per heavy atom. The van der Waals surface area contributed by atoms with Crippen LogP contribution in [0.5, 0.6) is 0 Å². The molecule has 1 aromatic carbocycles. The summed E-state index contributed by atoms with van der Waals surface area (Å²) in [6.45, 7) is 14.3. The van der Waals surface area contributed by atoms with Gasteiger partial charge in [0.2, 0.25) is 11.9 Å². The smallest absolute Gasteiger partial charge is 0.329 e. The number of aromatic amines is 1. The third-order valence-corrected chi connectivity index (χ3v) is 8.71. The van der Waals surface area contributed by atoms with Gasteiger partial charge >= 0.3 is 5.97 Å². The number of benzene rings is 1. The summed E-state index contributed by atoms with van der Waals surface area (Å²) >= 11 is 0. The Balaban J connectivity index is 1.16. The lowest BCUT2D eigenvalue weighted by Crippen LogP contribution is -2.45.